The molecule has 72 valence electrons. The van der Waals surface area contributed by atoms with Crippen molar-refractivity contribution in [1.29, 1.82) is 0 Å². The van der Waals surface area contributed by atoms with E-state index < -0.39 is 0 Å². The van der Waals surface area contributed by atoms with Crippen LogP contribution in [0, 0.1) is 0 Å². The van der Waals surface area contributed by atoms with Gasteiger partial charge in [0, 0.05) is 23.3 Å². The van der Waals surface area contributed by atoms with Gasteiger partial charge in [-0.25, -0.2) is 0 Å². The second-order valence-corrected chi connectivity index (χ2v) is 5.79. The van der Waals surface area contributed by atoms with Gasteiger partial charge in [-0.3, -0.25) is 0 Å². The van der Waals surface area contributed by atoms with Crippen molar-refractivity contribution in [2.75, 3.05) is 23.3 Å². The third kappa shape index (κ3) is 7.05. The molecule has 0 aromatic heterocycles. The highest BCUT2D eigenvalue weighted by Crippen LogP contribution is 2.33. The fourth-order valence-corrected chi connectivity index (χ4v) is 2.72. The molecule has 0 rings (SSSR count). The maximum Gasteiger partial charge on any atom is 0.0986 e. The van der Waals surface area contributed by atoms with Gasteiger partial charge in [-0.1, -0.05) is 23.2 Å². The molecule has 0 N–H and O–H groups in total. The van der Waals surface area contributed by atoms with Crippen molar-refractivity contribution in [3.8, 4) is 0 Å². The van der Waals surface area contributed by atoms with Gasteiger partial charge in [0.05, 0.1) is 8.73 Å². The van der Waals surface area contributed by atoms with Gasteiger partial charge in [-0.2, -0.15) is 0 Å². The quantitative estimate of drug-likeness (QED) is 0.658. The Morgan fingerprint density at radius 1 is 0.833 bits per heavy atom. The fraction of sp³-hybridized carbons (Fsp3) is 0.667. The first kappa shape index (κ1) is 13.6. The first-order valence-corrected chi connectivity index (χ1v) is 6.94. The molecule has 0 aliphatic carbocycles. The van der Waals surface area contributed by atoms with Crippen LogP contribution < -0.4 is 0 Å². The number of hydrogen-bond donors (Lipinski definition) is 0. The van der Waals surface area contributed by atoms with Crippen molar-refractivity contribution in [1.82, 2.24) is 0 Å². The highest BCUT2D eigenvalue weighted by Gasteiger charge is 2.02. The third-order valence-electron chi connectivity index (χ3n) is 0.766. The van der Waals surface area contributed by atoms with Gasteiger partial charge in [-0.05, 0) is 0 Å². The highest BCUT2D eigenvalue weighted by atomic mass is 35.5. The predicted molar refractivity (Wildman–Crippen MR) is 65.1 cm³/mol. The highest BCUT2D eigenvalue weighted by molar-refractivity contribution is 8.08. The number of halogens is 4. The van der Waals surface area contributed by atoms with Gasteiger partial charge in [0.2, 0.25) is 0 Å². The van der Waals surface area contributed by atoms with Gasteiger partial charge < -0.3 is 0 Å². The molecule has 0 aliphatic heterocycles. The minimum Gasteiger partial charge on any atom is -0.126 e. The van der Waals surface area contributed by atoms with E-state index in [4.69, 9.17) is 46.4 Å². The Bertz CT molecular complexity index is 132. The summed E-state index contributed by atoms with van der Waals surface area (Å²) in [6.45, 7) is 0. The van der Waals surface area contributed by atoms with Crippen LogP contribution in [0.4, 0.5) is 0 Å². The number of hydrogen-bond acceptors (Lipinski definition) is 2. The van der Waals surface area contributed by atoms with E-state index in [2.05, 4.69) is 0 Å². The van der Waals surface area contributed by atoms with Crippen molar-refractivity contribution in [2.45, 2.75) is 0 Å². The van der Waals surface area contributed by atoms with E-state index in [9.17, 15) is 0 Å². The van der Waals surface area contributed by atoms with Crippen LogP contribution in [0.5, 0.6) is 0 Å². The van der Waals surface area contributed by atoms with E-state index in [-0.39, 0.29) is 0 Å². The predicted octanol–water partition coefficient (Wildman–Crippen LogP) is 4.53. The number of rotatable bonds is 6. The standard InChI is InChI=1S/C6H8Cl4S2/c7-1-3-11-5(9)6(10)12-4-2-8/h1-4H2. The maximum atomic E-state index is 5.83. The number of alkyl halides is 2. The molecule has 0 amide bonds. The lowest BCUT2D eigenvalue weighted by Gasteiger charge is -2.00. The first-order valence-electron chi connectivity index (χ1n) is 3.15. The molecule has 6 heteroatoms. The van der Waals surface area contributed by atoms with E-state index in [1.54, 1.807) is 0 Å². The SMILES string of the molecule is ClCCSC(Cl)=C(Cl)SCCCl. The largest absolute Gasteiger partial charge is 0.126 e. The molecule has 0 nitrogen and oxygen atoms in total. The molecule has 0 aromatic carbocycles. The summed E-state index contributed by atoms with van der Waals surface area (Å²) < 4.78 is 1.21. The van der Waals surface area contributed by atoms with E-state index in [0.29, 0.717) is 20.5 Å². The molecule has 0 bridgehead atoms. The van der Waals surface area contributed by atoms with E-state index in [1.807, 2.05) is 0 Å². The Kier molecular flexibility index (Phi) is 10.4. The smallest absolute Gasteiger partial charge is 0.0986 e. The molecular formula is C6H8Cl4S2. The van der Waals surface area contributed by atoms with Crippen LogP contribution in [0.3, 0.4) is 0 Å². The molecule has 0 radical (unpaired) electrons. The molecule has 0 heterocycles. The van der Waals surface area contributed by atoms with Crippen LogP contribution in [0.25, 0.3) is 0 Å². The topological polar surface area (TPSA) is 0 Å². The lowest BCUT2D eigenvalue weighted by atomic mass is 11.0. The summed E-state index contributed by atoms with van der Waals surface area (Å²) in [7, 11) is 0. The van der Waals surface area contributed by atoms with Crippen LogP contribution in [0.1, 0.15) is 0 Å². The van der Waals surface area contributed by atoms with Crippen LogP contribution in [0.2, 0.25) is 0 Å². The van der Waals surface area contributed by atoms with E-state index in [0.717, 1.165) is 11.5 Å². The molecule has 0 aliphatic rings. The summed E-state index contributed by atoms with van der Waals surface area (Å²) in [4.78, 5) is 0. The second kappa shape index (κ2) is 9.17. The minimum atomic E-state index is 0.575. The van der Waals surface area contributed by atoms with Crippen molar-refractivity contribution >= 4 is 69.9 Å². The second-order valence-electron chi connectivity index (χ2n) is 1.62. The zero-order valence-corrected chi connectivity index (χ0v) is 10.8. The molecular weight excluding hydrogens is 278 g/mol. The zero-order valence-electron chi connectivity index (χ0n) is 6.16. The van der Waals surface area contributed by atoms with Gasteiger partial charge in [0.25, 0.3) is 0 Å². The third-order valence-corrected chi connectivity index (χ3v) is 4.81. The lowest BCUT2D eigenvalue weighted by Crippen LogP contribution is -1.81. The van der Waals surface area contributed by atoms with Crippen molar-refractivity contribution in [3.63, 3.8) is 0 Å². The normalized spacial score (nSPS) is 13.0. The average molecular weight is 286 g/mol. The zero-order chi connectivity index (χ0) is 9.40. The van der Waals surface area contributed by atoms with Crippen molar-refractivity contribution in [2.24, 2.45) is 0 Å². The molecule has 0 saturated carbocycles. The fourth-order valence-electron chi connectivity index (χ4n) is 0.370. The van der Waals surface area contributed by atoms with Crippen LogP contribution in [0.15, 0.2) is 8.73 Å². The van der Waals surface area contributed by atoms with E-state index in [1.165, 1.54) is 23.5 Å². The molecule has 0 atom stereocenters. The van der Waals surface area contributed by atoms with Gasteiger partial charge in [-0.15, -0.1) is 46.7 Å². The Labute approximate surface area is 101 Å². The summed E-state index contributed by atoms with van der Waals surface area (Å²) in [5, 5.41) is 0. The first-order chi connectivity index (χ1) is 5.72. The Hall–Kier alpha value is 1.60. The average Bonchev–Trinajstić information content (AvgIpc) is 2.10. The minimum absolute atomic E-state index is 0.575. The summed E-state index contributed by atoms with van der Waals surface area (Å²) >= 11 is 25.5. The Morgan fingerprint density at radius 3 is 1.42 bits per heavy atom. The molecule has 0 unspecified atom stereocenters. The van der Waals surface area contributed by atoms with Gasteiger partial charge in [0.15, 0.2) is 0 Å². The van der Waals surface area contributed by atoms with Crippen LogP contribution in [-0.4, -0.2) is 23.3 Å². The summed E-state index contributed by atoms with van der Waals surface area (Å²) in [6, 6.07) is 0. The van der Waals surface area contributed by atoms with Crippen molar-refractivity contribution in [3.05, 3.63) is 8.73 Å². The number of thioether (sulfide) groups is 2. The monoisotopic (exact) mass is 284 g/mol. The summed E-state index contributed by atoms with van der Waals surface area (Å²) in [5.41, 5.74) is 0. The molecule has 12 heavy (non-hydrogen) atoms. The molecule has 0 fully saturated rings. The molecule has 0 aromatic rings. The summed E-state index contributed by atoms with van der Waals surface area (Å²) in [6.07, 6.45) is 0. The maximum absolute atomic E-state index is 5.83. The lowest BCUT2D eigenvalue weighted by molar-refractivity contribution is 1.54. The summed E-state index contributed by atoms with van der Waals surface area (Å²) in [5.74, 6) is 2.70. The Morgan fingerprint density at radius 2 is 1.17 bits per heavy atom. The Balaban J connectivity index is 3.72. The van der Waals surface area contributed by atoms with Crippen LogP contribution in [-0.2, 0) is 0 Å². The molecule has 0 saturated heterocycles. The van der Waals surface area contributed by atoms with Crippen molar-refractivity contribution < 1.29 is 0 Å². The van der Waals surface area contributed by atoms with Crippen LogP contribution >= 0.6 is 69.9 Å². The van der Waals surface area contributed by atoms with Gasteiger partial charge in [0.1, 0.15) is 0 Å². The molecule has 0 spiro atoms. The van der Waals surface area contributed by atoms with Gasteiger partial charge >= 0.3 is 0 Å². The van der Waals surface area contributed by atoms with E-state index >= 15 is 0 Å².